The summed E-state index contributed by atoms with van der Waals surface area (Å²) in [6, 6.07) is 27.3. The van der Waals surface area contributed by atoms with Gasteiger partial charge in [0.2, 0.25) is 0 Å². The summed E-state index contributed by atoms with van der Waals surface area (Å²) in [5.41, 5.74) is 4.20. The molecular formula is C32H31N3O6S. The van der Waals surface area contributed by atoms with Gasteiger partial charge in [-0.2, -0.15) is 0 Å². The van der Waals surface area contributed by atoms with Crippen LogP contribution in [0.4, 0.5) is 10.5 Å². The van der Waals surface area contributed by atoms with Gasteiger partial charge in [-0.1, -0.05) is 66.7 Å². The Labute approximate surface area is 247 Å². The number of carboxylic acids is 1. The van der Waals surface area contributed by atoms with E-state index >= 15 is 0 Å². The molecule has 1 aromatic heterocycles. The lowest BCUT2D eigenvalue weighted by Crippen LogP contribution is -2.31. The Kier molecular flexibility index (Phi) is 9.83. The van der Waals surface area contributed by atoms with Crippen molar-refractivity contribution in [3.05, 3.63) is 125 Å². The number of hydrogen-bond acceptors (Lipinski definition) is 7. The summed E-state index contributed by atoms with van der Waals surface area (Å²) in [5.74, 6) is -0.572. The molecule has 5 rings (SSSR count). The number of nitrogens with zero attached hydrogens (tertiary/aromatic N) is 1. The number of anilines is 1. The molecule has 3 aromatic carbocycles. The predicted molar refractivity (Wildman–Crippen MR) is 159 cm³/mol. The van der Waals surface area contributed by atoms with Crippen LogP contribution in [0.25, 0.3) is 0 Å². The van der Waals surface area contributed by atoms with Gasteiger partial charge < -0.3 is 30.3 Å². The summed E-state index contributed by atoms with van der Waals surface area (Å²) in [5, 5.41) is 25.2. The molecule has 0 saturated carbocycles. The fraction of sp³-hybridized carbons (Fsp3) is 0.219. The van der Waals surface area contributed by atoms with Crippen molar-refractivity contribution in [2.24, 2.45) is 0 Å². The molecule has 0 spiro atoms. The molecule has 1 saturated heterocycles. The molecule has 4 aromatic rings. The topological polar surface area (TPSA) is 130 Å². The zero-order valence-electron chi connectivity index (χ0n) is 22.7. The average Bonchev–Trinajstić information content (AvgIpc) is 3.03. The number of urea groups is 1. The first kappa shape index (κ1) is 29.3. The number of aromatic carboxylic acids is 1. The number of carboxylic acid groups (broad SMARTS) is 1. The van der Waals surface area contributed by atoms with Gasteiger partial charge in [0.25, 0.3) is 0 Å². The maximum Gasteiger partial charge on any atom is 0.338 e. The Morgan fingerprint density at radius 3 is 2.48 bits per heavy atom. The van der Waals surface area contributed by atoms with Gasteiger partial charge in [-0.25, -0.2) is 14.6 Å². The number of hydrogen-bond donors (Lipinski definition) is 4. The van der Waals surface area contributed by atoms with E-state index in [9.17, 15) is 19.8 Å². The molecule has 0 unspecified atom stereocenters. The summed E-state index contributed by atoms with van der Waals surface area (Å²) in [6.07, 6.45) is 0.782. The molecule has 0 radical (unpaired) electrons. The second-order valence-corrected chi connectivity index (χ2v) is 10.7. The summed E-state index contributed by atoms with van der Waals surface area (Å²) >= 11 is 1.33. The first-order valence-electron chi connectivity index (χ1n) is 13.5. The molecule has 42 heavy (non-hydrogen) atoms. The van der Waals surface area contributed by atoms with Crippen LogP contribution in [0.3, 0.4) is 0 Å². The smallest absolute Gasteiger partial charge is 0.338 e. The fourth-order valence-electron chi connectivity index (χ4n) is 4.58. The van der Waals surface area contributed by atoms with Gasteiger partial charge in [-0.05, 0) is 41.0 Å². The summed E-state index contributed by atoms with van der Waals surface area (Å²) in [7, 11) is 0. The number of thioether (sulfide) groups is 1. The van der Waals surface area contributed by atoms with Gasteiger partial charge in [0.15, 0.2) is 6.29 Å². The van der Waals surface area contributed by atoms with Gasteiger partial charge in [0.05, 0.1) is 24.4 Å². The minimum Gasteiger partial charge on any atom is -0.478 e. The van der Waals surface area contributed by atoms with Crippen LogP contribution in [0.1, 0.15) is 51.4 Å². The number of amides is 2. The first-order valence-corrected chi connectivity index (χ1v) is 14.5. The summed E-state index contributed by atoms with van der Waals surface area (Å²) in [6.45, 7) is 0.350. The van der Waals surface area contributed by atoms with Gasteiger partial charge in [-0.3, -0.25) is 0 Å². The maximum absolute atomic E-state index is 12.6. The fourth-order valence-corrected chi connectivity index (χ4v) is 5.58. The van der Waals surface area contributed by atoms with E-state index in [1.165, 1.54) is 17.8 Å². The van der Waals surface area contributed by atoms with E-state index in [0.29, 0.717) is 29.4 Å². The molecule has 216 valence electrons. The van der Waals surface area contributed by atoms with E-state index < -0.39 is 12.3 Å². The highest BCUT2D eigenvalue weighted by Crippen LogP contribution is 2.40. The molecule has 1 aliphatic rings. The van der Waals surface area contributed by atoms with Crippen LogP contribution in [0, 0.1) is 0 Å². The van der Waals surface area contributed by atoms with E-state index in [4.69, 9.17) is 9.47 Å². The minimum atomic E-state index is -1.03. The predicted octanol–water partition coefficient (Wildman–Crippen LogP) is 5.93. The zero-order chi connectivity index (χ0) is 29.3. The molecule has 9 nitrogen and oxygen atoms in total. The van der Waals surface area contributed by atoms with E-state index in [-0.39, 0.29) is 30.4 Å². The van der Waals surface area contributed by atoms with Crippen LogP contribution in [0.2, 0.25) is 0 Å². The standard InChI is InChI=1S/C32H31N3O6S/c36-19-22-11-13-23(14-12-22)28-17-26(20-42-29-27(30(37)38)10-5-15-33-29)40-31(41-28)24-8-4-9-25(16-24)35-32(39)34-18-21-6-2-1-3-7-21/h1-16,26,28,31,36H,17-20H2,(H,37,38)(H2,34,35,39)/t26-,28+,31+/m1/s1. The normalized spacial score (nSPS) is 18.3. The number of aliphatic hydroxyl groups excluding tert-OH is 1. The molecule has 0 aliphatic carbocycles. The van der Waals surface area contributed by atoms with Crippen LogP contribution in [-0.2, 0) is 22.6 Å². The molecule has 2 amide bonds. The van der Waals surface area contributed by atoms with Crippen LogP contribution in [0.15, 0.2) is 102 Å². The van der Waals surface area contributed by atoms with E-state index in [1.807, 2.05) is 72.8 Å². The second kappa shape index (κ2) is 14.1. The number of carbonyl (C=O) groups is 2. The van der Waals surface area contributed by atoms with E-state index in [0.717, 1.165) is 22.3 Å². The van der Waals surface area contributed by atoms with Gasteiger partial charge in [-0.15, -0.1) is 11.8 Å². The van der Waals surface area contributed by atoms with E-state index in [1.54, 1.807) is 18.3 Å². The lowest BCUT2D eigenvalue weighted by molar-refractivity contribution is -0.245. The SMILES string of the molecule is O=C(NCc1ccccc1)Nc1cccc([C@H]2O[C@@H](CSc3ncccc3C(=O)O)C[C@@H](c3ccc(CO)cc3)O2)c1. The number of carbonyl (C=O) groups excluding carboxylic acids is 1. The molecule has 1 aliphatic heterocycles. The quantitative estimate of drug-likeness (QED) is 0.169. The number of pyridine rings is 1. The van der Waals surface area contributed by atoms with Crippen molar-refractivity contribution >= 4 is 29.4 Å². The molecule has 0 bridgehead atoms. The maximum atomic E-state index is 12.6. The third-order valence-electron chi connectivity index (χ3n) is 6.74. The van der Waals surface area contributed by atoms with Crippen molar-refractivity contribution in [3.8, 4) is 0 Å². The largest absolute Gasteiger partial charge is 0.478 e. The van der Waals surface area contributed by atoms with Crippen LogP contribution < -0.4 is 10.6 Å². The van der Waals surface area contributed by atoms with Crippen molar-refractivity contribution in [3.63, 3.8) is 0 Å². The highest BCUT2D eigenvalue weighted by atomic mass is 32.2. The van der Waals surface area contributed by atoms with Crippen LogP contribution in [0.5, 0.6) is 0 Å². The number of benzene rings is 3. The number of aromatic nitrogens is 1. The van der Waals surface area contributed by atoms with Crippen molar-refractivity contribution in [1.29, 1.82) is 0 Å². The van der Waals surface area contributed by atoms with E-state index in [2.05, 4.69) is 15.6 Å². The van der Waals surface area contributed by atoms with Crippen molar-refractivity contribution < 1.29 is 29.3 Å². The third-order valence-corrected chi connectivity index (χ3v) is 7.87. The minimum absolute atomic E-state index is 0.0501. The lowest BCUT2D eigenvalue weighted by atomic mass is 10.0. The molecule has 1 fully saturated rings. The molecule has 2 heterocycles. The zero-order valence-corrected chi connectivity index (χ0v) is 23.5. The highest BCUT2D eigenvalue weighted by molar-refractivity contribution is 7.99. The number of ether oxygens (including phenoxy) is 2. The Morgan fingerprint density at radius 2 is 1.71 bits per heavy atom. The summed E-state index contributed by atoms with van der Waals surface area (Å²) in [4.78, 5) is 28.5. The van der Waals surface area contributed by atoms with Crippen molar-refractivity contribution in [2.45, 2.75) is 43.1 Å². The molecule has 3 atom stereocenters. The Hall–Kier alpha value is -4.22. The molecule has 4 N–H and O–H groups in total. The Bertz CT molecular complexity index is 1500. The average molecular weight is 586 g/mol. The second-order valence-electron chi connectivity index (χ2n) is 9.74. The van der Waals surface area contributed by atoms with Gasteiger partial charge in [0, 0.05) is 36.2 Å². The van der Waals surface area contributed by atoms with Crippen molar-refractivity contribution in [2.75, 3.05) is 11.1 Å². The third kappa shape index (κ3) is 7.74. The highest BCUT2D eigenvalue weighted by Gasteiger charge is 2.32. The first-order chi connectivity index (χ1) is 20.5. The molecule has 10 heteroatoms. The lowest BCUT2D eigenvalue weighted by Gasteiger charge is -2.36. The van der Waals surface area contributed by atoms with Crippen LogP contribution >= 0.6 is 11.8 Å². The van der Waals surface area contributed by atoms with Crippen LogP contribution in [-0.4, -0.2) is 39.1 Å². The number of rotatable bonds is 10. The van der Waals surface area contributed by atoms with Crippen molar-refractivity contribution in [1.82, 2.24) is 10.3 Å². The number of nitrogens with one attached hydrogen (secondary N) is 2. The molecular weight excluding hydrogens is 554 g/mol. The summed E-state index contributed by atoms with van der Waals surface area (Å²) < 4.78 is 12.8. The monoisotopic (exact) mass is 585 g/mol. The number of aliphatic hydroxyl groups is 1. The Morgan fingerprint density at radius 1 is 0.905 bits per heavy atom. The van der Waals surface area contributed by atoms with Gasteiger partial charge in [0.1, 0.15) is 5.03 Å². The van der Waals surface area contributed by atoms with Gasteiger partial charge >= 0.3 is 12.0 Å². The Balaban J connectivity index is 1.31.